The van der Waals surface area contributed by atoms with Crippen molar-refractivity contribution in [2.75, 3.05) is 18.5 Å². The van der Waals surface area contributed by atoms with E-state index in [1.165, 1.54) is 0 Å². The third-order valence-electron chi connectivity index (χ3n) is 2.30. The number of nitrogens with one attached hydrogen (secondary N) is 1. The molecule has 0 atom stereocenters. The molecule has 0 bridgehead atoms. The third-order valence-corrected chi connectivity index (χ3v) is 2.30. The highest BCUT2D eigenvalue weighted by Crippen LogP contribution is 2.09. The lowest BCUT2D eigenvalue weighted by molar-refractivity contribution is -0.142. The Balaban J connectivity index is 2.44. The molecule has 1 aromatic rings. The molecule has 0 radical (unpaired) electrons. The molecule has 0 saturated carbocycles. The summed E-state index contributed by atoms with van der Waals surface area (Å²) in [5, 5.41) is 14.4. The Morgan fingerprint density at radius 1 is 1.42 bits per heavy atom. The molecule has 0 aliphatic rings. The van der Waals surface area contributed by atoms with Gasteiger partial charge in [0.25, 0.3) is 0 Å². The minimum atomic E-state index is -0.297. The second-order valence-corrected chi connectivity index (χ2v) is 4.49. The van der Waals surface area contributed by atoms with Gasteiger partial charge < -0.3 is 21.0 Å². The predicted molar refractivity (Wildman–Crippen MR) is 73.2 cm³/mol. The fourth-order valence-electron chi connectivity index (χ4n) is 1.30. The summed E-state index contributed by atoms with van der Waals surface area (Å²) in [6, 6.07) is 6.86. The Labute approximate surface area is 112 Å². The van der Waals surface area contributed by atoms with Crippen LogP contribution in [0.4, 0.5) is 5.69 Å². The molecule has 0 amide bonds. The molecule has 1 rings (SSSR count). The number of oxime groups is 1. The topological polar surface area (TPSA) is 96.9 Å². The van der Waals surface area contributed by atoms with Gasteiger partial charge in [0.05, 0.1) is 6.61 Å². The van der Waals surface area contributed by atoms with Gasteiger partial charge in [-0.15, -0.1) is 0 Å². The minimum Gasteiger partial charge on any atom is -0.464 e. The van der Waals surface area contributed by atoms with E-state index in [9.17, 15) is 4.79 Å². The van der Waals surface area contributed by atoms with Crippen LogP contribution in [0.2, 0.25) is 0 Å². The van der Waals surface area contributed by atoms with Crippen molar-refractivity contribution in [3.05, 3.63) is 29.8 Å². The number of rotatable bonds is 6. The van der Waals surface area contributed by atoms with E-state index < -0.39 is 0 Å². The highest BCUT2D eigenvalue weighted by atomic mass is 16.5. The lowest BCUT2D eigenvalue weighted by atomic mass is 10.2. The van der Waals surface area contributed by atoms with E-state index in [1.54, 1.807) is 24.3 Å². The average Bonchev–Trinajstić information content (AvgIpc) is 2.42. The van der Waals surface area contributed by atoms with Crippen LogP contribution in [-0.2, 0) is 9.53 Å². The molecular weight excluding hydrogens is 246 g/mol. The molecule has 6 nitrogen and oxygen atoms in total. The van der Waals surface area contributed by atoms with Gasteiger partial charge in [-0.1, -0.05) is 19.0 Å². The molecule has 0 fully saturated rings. The number of carbonyl (C=O) groups excluding carboxylic acids is 1. The Morgan fingerprint density at radius 3 is 2.58 bits per heavy atom. The van der Waals surface area contributed by atoms with Gasteiger partial charge in [0, 0.05) is 11.3 Å². The fourth-order valence-corrected chi connectivity index (χ4v) is 1.30. The molecule has 0 aliphatic carbocycles. The van der Waals surface area contributed by atoms with Crippen LogP contribution in [0.5, 0.6) is 0 Å². The number of nitrogens with zero attached hydrogens (tertiary/aromatic N) is 1. The van der Waals surface area contributed by atoms with Crippen molar-refractivity contribution in [1.82, 2.24) is 0 Å². The first kappa shape index (κ1) is 14.8. The van der Waals surface area contributed by atoms with Crippen molar-refractivity contribution in [2.45, 2.75) is 13.8 Å². The fraction of sp³-hybridized carbons (Fsp3) is 0.385. The number of benzene rings is 1. The SMILES string of the molecule is CC(C)COC(=O)CNc1ccc(/C(N)=N/O)cc1. The molecule has 0 aliphatic heterocycles. The molecule has 0 unspecified atom stereocenters. The molecule has 0 heterocycles. The van der Waals surface area contributed by atoms with Crippen LogP contribution in [0.1, 0.15) is 19.4 Å². The maximum absolute atomic E-state index is 11.4. The maximum atomic E-state index is 11.4. The van der Waals surface area contributed by atoms with Gasteiger partial charge in [-0.25, -0.2) is 0 Å². The van der Waals surface area contributed by atoms with Crippen molar-refractivity contribution >= 4 is 17.5 Å². The van der Waals surface area contributed by atoms with Crippen LogP contribution in [-0.4, -0.2) is 30.2 Å². The zero-order valence-electron chi connectivity index (χ0n) is 11.1. The number of esters is 1. The quantitative estimate of drug-likeness (QED) is 0.237. The summed E-state index contributed by atoms with van der Waals surface area (Å²) < 4.78 is 5.03. The molecule has 1 aromatic carbocycles. The standard InChI is InChI=1S/C13H19N3O3/c1-9(2)8-19-12(17)7-15-11-5-3-10(4-6-11)13(14)16-18/h3-6,9,15,18H,7-8H2,1-2H3,(H2,14,16). The Kier molecular flexibility index (Phi) is 5.66. The van der Waals surface area contributed by atoms with Gasteiger partial charge in [-0.3, -0.25) is 4.79 Å². The van der Waals surface area contributed by atoms with Gasteiger partial charge in [0.15, 0.2) is 5.84 Å². The molecule has 0 aromatic heterocycles. The van der Waals surface area contributed by atoms with E-state index in [0.717, 1.165) is 5.69 Å². The van der Waals surface area contributed by atoms with Crippen LogP contribution in [0, 0.1) is 5.92 Å². The van der Waals surface area contributed by atoms with Crippen molar-refractivity contribution in [2.24, 2.45) is 16.8 Å². The van der Waals surface area contributed by atoms with Crippen LogP contribution in [0.15, 0.2) is 29.4 Å². The first-order chi connectivity index (χ1) is 9.02. The van der Waals surface area contributed by atoms with Gasteiger partial charge >= 0.3 is 5.97 Å². The third kappa shape index (κ3) is 5.29. The number of ether oxygens (including phenoxy) is 1. The number of amidine groups is 1. The maximum Gasteiger partial charge on any atom is 0.325 e. The lowest BCUT2D eigenvalue weighted by Gasteiger charge is -2.09. The van der Waals surface area contributed by atoms with Gasteiger partial charge in [-0.2, -0.15) is 0 Å². The van der Waals surface area contributed by atoms with Crippen molar-refractivity contribution in [3.63, 3.8) is 0 Å². The molecular formula is C13H19N3O3. The Bertz CT molecular complexity index is 441. The molecule has 0 saturated heterocycles. The summed E-state index contributed by atoms with van der Waals surface area (Å²) in [5.41, 5.74) is 6.81. The minimum absolute atomic E-state index is 0.0443. The summed E-state index contributed by atoms with van der Waals surface area (Å²) >= 11 is 0. The second-order valence-electron chi connectivity index (χ2n) is 4.49. The summed E-state index contributed by atoms with van der Waals surface area (Å²) in [6.07, 6.45) is 0. The van der Waals surface area contributed by atoms with Gasteiger partial charge in [0.1, 0.15) is 6.54 Å². The second kappa shape index (κ2) is 7.25. The van der Waals surface area contributed by atoms with Crippen molar-refractivity contribution < 1.29 is 14.7 Å². The van der Waals surface area contributed by atoms with Crippen LogP contribution >= 0.6 is 0 Å². The van der Waals surface area contributed by atoms with E-state index in [4.69, 9.17) is 15.7 Å². The van der Waals surface area contributed by atoms with Gasteiger partial charge in [0.2, 0.25) is 0 Å². The first-order valence-electron chi connectivity index (χ1n) is 6.00. The highest BCUT2D eigenvalue weighted by molar-refractivity contribution is 5.97. The number of nitrogens with two attached hydrogens (primary N) is 1. The lowest BCUT2D eigenvalue weighted by Crippen LogP contribution is -2.19. The van der Waals surface area contributed by atoms with Crippen LogP contribution in [0.3, 0.4) is 0 Å². The van der Waals surface area contributed by atoms with Gasteiger partial charge in [-0.05, 0) is 30.2 Å². The largest absolute Gasteiger partial charge is 0.464 e. The Hall–Kier alpha value is -2.24. The normalized spacial score (nSPS) is 11.4. The summed E-state index contributed by atoms with van der Waals surface area (Å²) in [5.74, 6) is 0.0704. The van der Waals surface area contributed by atoms with E-state index in [1.807, 2.05) is 13.8 Å². The average molecular weight is 265 g/mol. The van der Waals surface area contributed by atoms with E-state index >= 15 is 0 Å². The smallest absolute Gasteiger partial charge is 0.325 e. The summed E-state index contributed by atoms with van der Waals surface area (Å²) in [6.45, 7) is 4.48. The van der Waals surface area contributed by atoms with Crippen LogP contribution in [0.25, 0.3) is 0 Å². The number of anilines is 1. The summed E-state index contributed by atoms with van der Waals surface area (Å²) in [7, 11) is 0. The van der Waals surface area contributed by atoms with Crippen LogP contribution < -0.4 is 11.1 Å². The number of carbonyl (C=O) groups is 1. The Morgan fingerprint density at radius 2 is 2.05 bits per heavy atom. The molecule has 0 spiro atoms. The van der Waals surface area contributed by atoms with E-state index in [2.05, 4.69) is 10.5 Å². The predicted octanol–water partition coefficient (Wildman–Crippen LogP) is 1.39. The molecule has 19 heavy (non-hydrogen) atoms. The van der Waals surface area contributed by atoms with Crippen molar-refractivity contribution in [1.29, 1.82) is 0 Å². The van der Waals surface area contributed by atoms with Crippen molar-refractivity contribution in [3.8, 4) is 0 Å². The van der Waals surface area contributed by atoms with E-state index in [-0.39, 0.29) is 18.3 Å². The zero-order chi connectivity index (χ0) is 14.3. The monoisotopic (exact) mass is 265 g/mol. The first-order valence-corrected chi connectivity index (χ1v) is 6.00. The molecule has 104 valence electrons. The van der Waals surface area contributed by atoms with E-state index in [0.29, 0.717) is 18.1 Å². The highest BCUT2D eigenvalue weighted by Gasteiger charge is 2.04. The number of hydrogen-bond donors (Lipinski definition) is 3. The summed E-state index contributed by atoms with van der Waals surface area (Å²) in [4.78, 5) is 11.4. The molecule has 4 N–H and O–H groups in total. The zero-order valence-corrected chi connectivity index (χ0v) is 11.1. The molecule has 6 heteroatoms. The number of hydrogen-bond acceptors (Lipinski definition) is 5.